The second-order valence-corrected chi connectivity index (χ2v) is 5.45. The van der Waals surface area contributed by atoms with Gasteiger partial charge >= 0.3 is 5.97 Å². The average Bonchev–Trinajstić information content (AvgIpc) is 2.36. The molecule has 6 heteroatoms. The SMILES string of the molecule is CC(C)C[C@H](CN)CC(=O)Nc1cccc(F)c1C(=O)O. The van der Waals surface area contributed by atoms with Crippen LogP contribution in [0.5, 0.6) is 0 Å². The summed E-state index contributed by atoms with van der Waals surface area (Å²) in [5, 5.41) is 11.5. The Morgan fingerprint density at radius 3 is 2.57 bits per heavy atom. The van der Waals surface area contributed by atoms with Crippen molar-refractivity contribution in [3.05, 3.63) is 29.6 Å². The number of anilines is 1. The number of hydrogen-bond donors (Lipinski definition) is 3. The fourth-order valence-corrected chi connectivity index (χ4v) is 2.24. The Hall–Kier alpha value is -1.95. The Morgan fingerprint density at radius 2 is 2.05 bits per heavy atom. The van der Waals surface area contributed by atoms with E-state index in [0.29, 0.717) is 12.5 Å². The molecule has 5 nitrogen and oxygen atoms in total. The Labute approximate surface area is 123 Å². The van der Waals surface area contributed by atoms with Gasteiger partial charge in [0.25, 0.3) is 0 Å². The number of aromatic carboxylic acids is 1. The van der Waals surface area contributed by atoms with Gasteiger partial charge in [-0.1, -0.05) is 19.9 Å². The van der Waals surface area contributed by atoms with Gasteiger partial charge in [0.05, 0.1) is 5.69 Å². The van der Waals surface area contributed by atoms with E-state index < -0.39 is 17.3 Å². The number of benzene rings is 1. The lowest BCUT2D eigenvalue weighted by Crippen LogP contribution is -2.24. The Kier molecular flexibility index (Phi) is 6.30. The number of carboxylic acid groups (broad SMARTS) is 1. The van der Waals surface area contributed by atoms with Crippen LogP contribution >= 0.6 is 0 Å². The monoisotopic (exact) mass is 296 g/mol. The summed E-state index contributed by atoms with van der Waals surface area (Å²) in [5.74, 6) is -2.22. The largest absolute Gasteiger partial charge is 0.478 e. The molecule has 0 aliphatic carbocycles. The van der Waals surface area contributed by atoms with Crippen LogP contribution in [0.4, 0.5) is 10.1 Å². The topological polar surface area (TPSA) is 92.4 Å². The van der Waals surface area contributed by atoms with Crippen LogP contribution in [0.15, 0.2) is 18.2 Å². The molecule has 1 amide bonds. The maximum absolute atomic E-state index is 13.5. The standard InChI is InChI=1S/C15H21FN2O3/c1-9(2)6-10(8-17)7-13(19)18-12-5-3-4-11(16)14(12)15(20)21/h3-5,9-10H,6-8,17H2,1-2H3,(H,18,19)(H,20,21)/t10-/m0/s1. The highest BCUT2D eigenvalue weighted by molar-refractivity contribution is 6.00. The van der Waals surface area contributed by atoms with Gasteiger partial charge in [-0.2, -0.15) is 0 Å². The van der Waals surface area contributed by atoms with E-state index in [9.17, 15) is 14.0 Å². The van der Waals surface area contributed by atoms with Crippen molar-refractivity contribution in [3.8, 4) is 0 Å². The fourth-order valence-electron chi connectivity index (χ4n) is 2.24. The van der Waals surface area contributed by atoms with E-state index in [0.717, 1.165) is 12.5 Å². The Bertz CT molecular complexity index is 518. The summed E-state index contributed by atoms with van der Waals surface area (Å²) in [4.78, 5) is 23.0. The van der Waals surface area contributed by atoms with Crippen LogP contribution in [0.3, 0.4) is 0 Å². The van der Waals surface area contributed by atoms with Crippen LogP contribution in [-0.2, 0) is 4.79 Å². The van der Waals surface area contributed by atoms with Crippen molar-refractivity contribution >= 4 is 17.6 Å². The highest BCUT2D eigenvalue weighted by Gasteiger charge is 2.19. The van der Waals surface area contributed by atoms with E-state index in [1.54, 1.807) is 0 Å². The Balaban J connectivity index is 2.79. The number of amides is 1. The summed E-state index contributed by atoms with van der Waals surface area (Å²) in [7, 11) is 0. The van der Waals surface area contributed by atoms with E-state index in [1.807, 2.05) is 13.8 Å². The quantitative estimate of drug-likeness (QED) is 0.720. The third-order valence-corrected chi connectivity index (χ3v) is 3.11. The van der Waals surface area contributed by atoms with Crippen molar-refractivity contribution in [2.45, 2.75) is 26.7 Å². The van der Waals surface area contributed by atoms with E-state index in [1.165, 1.54) is 12.1 Å². The van der Waals surface area contributed by atoms with Crippen molar-refractivity contribution in [1.82, 2.24) is 0 Å². The van der Waals surface area contributed by atoms with Gasteiger partial charge in [-0.25, -0.2) is 9.18 Å². The number of rotatable bonds is 7. The number of carbonyl (C=O) groups is 2. The number of carboxylic acids is 1. The minimum Gasteiger partial charge on any atom is -0.478 e. The highest BCUT2D eigenvalue weighted by Crippen LogP contribution is 2.20. The molecule has 0 heterocycles. The summed E-state index contributed by atoms with van der Waals surface area (Å²) in [6.45, 7) is 4.45. The molecule has 0 aliphatic rings. The molecule has 0 spiro atoms. The molecule has 0 bridgehead atoms. The molecule has 116 valence electrons. The zero-order valence-electron chi connectivity index (χ0n) is 12.2. The molecule has 0 aromatic heterocycles. The lowest BCUT2D eigenvalue weighted by molar-refractivity contribution is -0.117. The van der Waals surface area contributed by atoms with Gasteiger partial charge in [0, 0.05) is 6.42 Å². The zero-order chi connectivity index (χ0) is 16.0. The number of nitrogens with two attached hydrogens (primary N) is 1. The fraction of sp³-hybridized carbons (Fsp3) is 0.467. The number of nitrogens with one attached hydrogen (secondary N) is 1. The third kappa shape index (κ3) is 5.15. The predicted molar refractivity (Wildman–Crippen MR) is 78.6 cm³/mol. The lowest BCUT2D eigenvalue weighted by atomic mass is 9.94. The highest BCUT2D eigenvalue weighted by atomic mass is 19.1. The van der Waals surface area contributed by atoms with E-state index >= 15 is 0 Å². The van der Waals surface area contributed by atoms with Gasteiger partial charge < -0.3 is 16.2 Å². The van der Waals surface area contributed by atoms with E-state index in [4.69, 9.17) is 10.8 Å². The summed E-state index contributed by atoms with van der Waals surface area (Å²) in [6, 6.07) is 3.76. The van der Waals surface area contributed by atoms with Gasteiger partial charge in [0.1, 0.15) is 11.4 Å². The number of hydrogen-bond acceptors (Lipinski definition) is 3. The maximum Gasteiger partial charge on any atom is 0.340 e. The summed E-state index contributed by atoms with van der Waals surface area (Å²) in [6.07, 6.45) is 0.989. The van der Waals surface area contributed by atoms with Crippen molar-refractivity contribution in [2.24, 2.45) is 17.6 Å². The molecular formula is C15H21FN2O3. The normalized spacial score (nSPS) is 12.2. The summed E-state index contributed by atoms with van der Waals surface area (Å²) in [5.41, 5.74) is 5.07. The van der Waals surface area contributed by atoms with Crippen LogP contribution in [0.25, 0.3) is 0 Å². The first-order chi connectivity index (χ1) is 9.85. The number of carbonyl (C=O) groups excluding carboxylic acids is 1. The molecule has 0 aliphatic heterocycles. The van der Waals surface area contributed by atoms with Crippen molar-refractivity contribution in [3.63, 3.8) is 0 Å². The van der Waals surface area contributed by atoms with Crippen LogP contribution < -0.4 is 11.1 Å². The van der Waals surface area contributed by atoms with Gasteiger partial charge in [-0.15, -0.1) is 0 Å². The summed E-state index contributed by atoms with van der Waals surface area (Å²) >= 11 is 0. The van der Waals surface area contributed by atoms with Gasteiger partial charge in [-0.3, -0.25) is 4.79 Å². The molecule has 1 aromatic carbocycles. The second-order valence-electron chi connectivity index (χ2n) is 5.45. The molecule has 21 heavy (non-hydrogen) atoms. The first-order valence-corrected chi connectivity index (χ1v) is 6.86. The first kappa shape index (κ1) is 17.1. The molecule has 0 radical (unpaired) electrons. The molecule has 0 saturated carbocycles. The predicted octanol–water partition coefficient (Wildman–Crippen LogP) is 2.47. The first-order valence-electron chi connectivity index (χ1n) is 6.86. The second kappa shape index (κ2) is 7.73. The smallest absolute Gasteiger partial charge is 0.340 e. The lowest BCUT2D eigenvalue weighted by Gasteiger charge is -2.17. The molecular weight excluding hydrogens is 275 g/mol. The van der Waals surface area contributed by atoms with E-state index in [-0.39, 0.29) is 23.9 Å². The zero-order valence-corrected chi connectivity index (χ0v) is 12.2. The molecule has 4 N–H and O–H groups in total. The molecule has 0 saturated heterocycles. The molecule has 0 fully saturated rings. The molecule has 1 aromatic rings. The van der Waals surface area contributed by atoms with Crippen LogP contribution in [0.2, 0.25) is 0 Å². The van der Waals surface area contributed by atoms with Gasteiger partial charge in [0.15, 0.2) is 0 Å². The molecule has 1 atom stereocenters. The van der Waals surface area contributed by atoms with Crippen LogP contribution in [-0.4, -0.2) is 23.5 Å². The third-order valence-electron chi connectivity index (χ3n) is 3.11. The Morgan fingerprint density at radius 1 is 1.38 bits per heavy atom. The maximum atomic E-state index is 13.5. The van der Waals surface area contributed by atoms with Crippen molar-refractivity contribution < 1.29 is 19.1 Å². The minimum absolute atomic E-state index is 0.0202. The average molecular weight is 296 g/mol. The summed E-state index contributed by atoms with van der Waals surface area (Å²) < 4.78 is 13.5. The van der Waals surface area contributed by atoms with Crippen LogP contribution in [0.1, 0.15) is 37.0 Å². The van der Waals surface area contributed by atoms with Gasteiger partial charge in [0.2, 0.25) is 5.91 Å². The van der Waals surface area contributed by atoms with Crippen molar-refractivity contribution in [1.29, 1.82) is 0 Å². The minimum atomic E-state index is -1.42. The number of halogens is 1. The van der Waals surface area contributed by atoms with E-state index in [2.05, 4.69) is 5.32 Å². The van der Waals surface area contributed by atoms with Gasteiger partial charge in [-0.05, 0) is 36.9 Å². The van der Waals surface area contributed by atoms with Crippen molar-refractivity contribution in [2.75, 3.05) is 11.9 Å². The van der Waals surface area contributed by atoms with Crippen LogP contribution in [0, 0.1) is 17.7 Å². The molecule has 1 rings (SSSR count). The molecule has 0 unspecified atom stereocenters.